The summed E-state index contributed by atoms with van der Waals surface area (Å²) in [6, 6.07) is 0. The number of amides is 3. The van der Waals surface area contributed by atoms with E-state index < -0.39 is 34.1 Å². The van der Waals surface area contributed by atoms with E-state index in [2.05, 4.69) is 87.8 Å². The number of rotatable bonds is 4. The quantitative estimate of drug-likeness (QED) is 0.152. The first-order valence-corrected chi connectivity index (χ1v) is 27.3. The normalized spacial score (nSPS) is 19.1. The molecule has 7 aliphatic rings. The minimum atomic E-state index is -0.779. The molecule has 1 saturated carbocycles. The van der Waals surface area contributed by atoms with E-state index in [1.54, 1.807) is 44.4 Å². The van der Waals surface area contributed by atoms with Crippen molar-refractivity contribution in [1.82, 2.24) is 20.0 Å². The summed E-state index contributed by atoms with van der Waals surface area (Å²) in [6.45, 7) is 48.8. The van der Waals surface area contributed by atoms with Gasteiger partial charge in [0.15, 0.2) is 5.78 Å². The summed E-state index contributed by atoms with van der Waals surface area (Å²) in [5.41, 5.74) is -2.49. The Morgan fingerprint density at radius 2 is 0.963 bits per heavy atom. The van der Waals surface area contributed by atoms with Crippen LogP contribution in [0.25, 0.3) is 0 Å². The van der Waals surface area contributed by atoms with Crippen molar-refractivity contribution in [2.45, 2.75) is 225 Å². The summed E-state index contributed by atoms with van der Waals surface area (Å²) in [5, 5.41) is 32.4. The van der Waals surface area contributed by atoms with E-state index in [0.717, 1.165) is 52.0 Å². The molecule has 0 aromatic heterocycles. The van der Waals surface area contributed by atoms with Crippen molar-refractivity contribution in [2.75, 3.05) is 72.2 Å². The number of carbonyl (C=O) groups excluding carboxylic acids is 6. The monoisotopic (exact) mass is 1160 g/mol. The maximum atomic E-state index is 11.7. The van der Waals surface area contributed by atoms with Gasteiger partial charge >= 0.3 is 24.4 Å². The molecule has 0 bridgehead atoms. The Morgan fingerprint density at radius 3 is 1.12 bits per heavy atom. The fourth-order valence-corrected chi connectivity index (χ4v) is 7.65. The van der Waals surface area contributed by atoms with Gasteiger partial charge in [0.25, 0.3) is 0 Å². The summed E-state index contributed by atoms with van der Waals surface area (Å²) in [7, 11) is 0. The van der Waals surface area contributed by atoms with E-state index in [0.29, 0.717) is 31.6 Å². The van der Waals surface area contributed by atoms with E-state index >= 15 is 0 Å². The molecule has 6 aliphatic heterocycles. The summed E-state index contributed by atoms with van der Waals surface area (Å²) < 4.78 is 26.7. The number of terminal acetylenes is 3. The van der Waals surface area contributed by atoms with Crippen LogP contribution < -0.4 is 5.32 Å². The standard InChI is InChI=1S/C13H25NO3.C12H21NO3.C8H13NO3.C8H16O2.C7H13NO.C5H4.C4H6.C3H4.C2H2.CO2.CH4/c1-7-12(5,6)13(16)8-14(9-13)10(15)17-11(2,3)4;1-10(2,3)16-9(14)13-6-12(7-13)11(4,5)8-15-12;1-8(2,3)12-7(11)9-4-6(10)5-9;1-7(2,6-9)8(10)4-3-5-8;1-6(2)5-9-7(6)3-8-4-7;1-3-5-4-2;1-3-4-2;1-3-2;1-2;2-1-3;/h16H,7-9H2,1-6H3;6-8H2,1-5H3;4-5H2,1-3H3;9-10H,3-6H2,1-2H3;8H,3-5H2,1-2H3;1H,2H3;1-2H3;1H,2H3;1-2H;;1H4. The second-order valence-corrected chi connectivity index (χ2v) is 26.1. The number of hydrogen-bond donors (Lipinski definition) is 4. The Labute approximate surface area is 495 Å². The second-order valence-electron chi connectivity index (χ2n) is 26.1. The Bertz CT molecular complexity index is 2220. The third-order valence-corrected chi connectivity index (χ3v) is 14.6. The van der Waals surface area contributed by atoms with Crippen LogP contribution in [0.4, 0.5) is 14.4 Å². The fraction of sp³-hybridized carbons (Fsp3) is 0.766. The van der Waals surface area contributed by atoms with Crippen molar-refractivity contribution in [3.63, 3.8) is 0 Å². The molecule has 0 aromatic rings. The van der Waals surface area contributed by atoms with Crippen LogP contribution >= 0.6 is 0 Å². The topological polar surface area (TPSA) is 231 Å². The predicted octanol–water partition coefficient (Wildman–Crippen LogP) is 9.16. The zero-order valence-corrected chi connectivity index (χ0v) is 53.6. The third-order valence-electron chi connectivity index (χ3n) is 14.6. The number of hydrogen-bond acceptors (Lipinski definition) is 15. The lowest BCUT2D eigenvalue weighted by atomic mass is 9.63. The van der Waals surface area contributed by atoms with Gasteiger partial charge in [-0.1, -0.05) is 75.7 Å². The van der Waals surface area contributed by atoms with Gasteiger partial charge in [-0.25, -0.2) is 14.4 Å². The number of aliphatic hydroxyl groups excluding tert-OH is 1. The molecule has 3 amide bonds. The SMILES string of the molecule is C.C#C.C#CC.C#CC#CC.CC#CC.CC(C)(C)OC(=O)N1CC(=O)C1.CC(C)(C)OC(=O)N1CC2(C1)OCC2(C)C.CC(C)(CO)C1(O)CCC1.CC1(C)COC12CNC2.CCC(C)(C)C1(O)CN(C(=O)OC(C)(C)C)C1.O=C=O. The van der Waals surface area contributed by atoms with Crippen molar-refractivity contribution >= 4 is 30.2 Å². The minimum Gasteiger partial charge on any atom is -0.444 e. The summed E-state index contributed by atoms with van der Waals surface area (Å²) in [4.78, 5) is 66.0. The number of nitrogens with one attached hydrogen (secondary N) is 1. The van der Waals surface area contributed by atoms with Gasteiger partial charge in [-0.3, -0.25) is 9.69 Å². The highest BCUT2D eigenvalue weighted by Gasteiger charge is 2.63. The Hall–Kier alpha value is -5.58. The van der Waals surface area contributed by atoms with Crippen LogP contribution in [0.15, 0.2) is 0 Å². The zero-order valence-electron chi connectivity index (χ0n) is 53.6. The Morgan fingerprint density at radius 1 is 0.622 bits per heavy atom. The van der Waals surface area contributed by atoms with Gasteiger partial charge < -0.3 is 54.1 Å². The van der Waals surface area contributed by atoms with Crippen LogP contribution in [0.5, 0.6) is 0 Å². The average Bonchev–Trinajstić information content (AvgIpc) is 3.28. The summed E-state index contributed by atoms with van der Waals surface area (Å²) in [6.07, 6.45) is 20.3. The molecule has 4 N–H and O–H groups in total. The maximum absolute atomic E-state index is 11.7. The lowest BCUT2D eigenvalue weighted by Gasteiger charge is -2.64. The van der Waals surface area contributed by atoms with Crippen molar-refractivity contribution < 1.29 is 67.8 Å². The van der Waals surface area contributed by atoms with Gasteiger partial charge in [-0.2, -0.15) is 9.59 Å². The molecule has 0 atom stereocenters. The average molecular weight is 1160 g/mol. The largest absolute Gasteiger partial charge is 0.444 e. The lowest BCUT2D eigenvalue weighted by molar-refractivity contribution is -0.300. The molecule has 18 heteroatoms. The van der Waals surface area contributed by atoms with Gasteiger partial charge in [0, 0.05) is 29.3 Å². The predicted molar refractivity (Wildman–Crippen MR) is 322 cm³/mol. The molecular formula is C64H108N4O14. The maximum Gasteiger partial charge on any atom is 0.411 e. The molecule has 0 radical (unpaired) electrons. The fourth-order valence-electron chi connectivity index (χ4n) is 7.65. The molecule has 18 nitrogen and oxygen atoms in total. The number of ether oxygens (including phenoxy) is 5. The van der Waals surface area contributed by atoms with Crippen molar-refractivity contribution in [3.05, 3.63) is 0 Å². The zero-order chi connectivity index (χ0) is 64.3. The van der Waals surface area contributed by atoms with Gasteiger partial charge in [0.2, 0.25) is 0 Å². The van der Waals surface area contributed by atoms with Crippen LogP contribution in [-0.2, 0) is 38.1 Å². The molecule has 468 valence electrons. The third kappa shape index (κ3) is 25.9. The highest BCUT2D eigenvalue weighted by atomic mass is 16.6. The molecule has 1 aliphatic carbocycles. The highest BCUT2D eigenvalue weighted by Crippen LogP contribution is 2.50. The van der Waals surface area contributed by atoms with Crippen LogP contribution in [0.3, 0.4) is 0 Å². The molecule has 0 aromatic carbocycles. The van der Waals surface area contributed by atoms with Crippen LogP contribution in [0.1, 0.15) is 185 Å². The molecule has 7 fully saturated rings. The first-order chi connectivity index (χ1) is 36.9. The lowest BCUT2D eigenvalue weighted by Crippen LogP contribution is -2.77. The molecule has 6 saturated heterocycles. The highest BCUT2D eigenvalue weighted by molar-refractivity contribution is 5.94. The van der Waals surface area contributed by atoms with Gasteiger partial charge in [-0.05, 0) is 133 Å². The molecule has 0 unspecified atom stereocenters. The van der Waals surface area contributed by atoms with Gasteiger partial charge in [0.05, 0.1) is 64.7 Å². The number of nitrogens with zero attached hydrogens (tertiary/aromatic N) is 3. The Balaban J connectivity index is -0.000000437. The van der Waals surface area contributed by atoms with Crippen LogP contribution in [-0.4, -0.2) is 172 Å². The van der Waals surface area contributed by atoms with Crippen molar-refractivity contribution in [2.24, 2.45) is 21.7 Å². The first kappa shape index (κ1) is 82.9. The van der Waals surface area contributed by atoms with E-state index in [-0.39, 0.29) is 78.7 Å². The van der Waals surface area contributed by atoms with Crippen LogP contribution in [0, 0.1) is 82.9 Å². The second kappa shape index (κ2) is 34.9. The first-order valence-electron chi connectivity index (χ1n) is 27.3. The summed E-state index contributed by atoms with van der Waals surface area (Å²) >= 11 is 0. The number of carbonyl (C=O) groups is 4. The van der Waals surface area contributed by atoms with Gasteiger partial charge in [-0.15, -0.1) is 43.5 Å². The van der Waals surface area contributed by atoms with E-state index in [1.807, 2.05) is 90.0 Å². The van der Waals surface area contributed by atoms with Crippen LogP contribution in [0.2, 0.25) is 0 Å². The number of likely N-dealkylation sites (tertiary alicyclic amines) is 3. The van der Waals surface area contributed by atoms with E-state index in [4.69, 9.17) is 44.8 Å². The number of Topliss-reactive ketones (excluding diaryl/α,β-unsaturated/α-hetero) is 1. The number of ketones is 1. The van der Waals surface area contributed by atoms with Gasteiger partial charge in [0.1, 0.15) is 33.6 Å². The molecule has 2 spiro atoms. The molecular weight excluding hydrogens is 1050 g/mol. The Kier molecular flexibility index (Phi) is 35.3. The number of aliphatic hydroxyl groups is 3. The van der Waals surface area contributed by atoms with Crippen molar-refractivity contribution in [1.29, 1.82) is 0 Å². The van der Waals surface area contributed by atoms with E-state index in [1.165, 1.54) is 4.90 Å². The molecule has 6 heterocycles. The summed E-state index contributed by atoms with van der Waals surface area (Å²) in [5.74, 6) is 14.8. The minimum absolute atomic E-state index is 0. The molecule has 82 heavy (non-hydrogen) atoms. The van der Waals surface area contributed by atoms with E-state index in [9.17, 15) is 29.4 Å². The van der Waals surface area contributed by atoms with Crippen molar-refractivity contribution in [3.8, 4) is 61.2 Å². The molecule has 7 rings (SSSR count). The smallest absolute Gasteiger partial charge is 0.411 e. The number of β-amino-alcohol motifs (C(OH)–C–C–N with tert-alkyl or cyclic N) is 1.